The fourth-order valence-electron chi connectivity index (χ4n) is 1.84. The minimum atomic E-state index is 0.105. The van der Waals surface area contributed by atoms with Gasteiger partial charge in [0.25, 0.3) is 6.02 Å². The number of nitrogens with two attached hydrogens (primary N) is 1. The topological polar surface area (TPSA) is 50.8 Å². The van der Waals surface area contributed by atoms with Gasteiger partial charge in [0.2, 0.25) is 0 Å². The third-order valence-electron chi connectivity index (χ3n) is 2.55. The van der Waals surface area contributed by atoms with E-state index >= 15 is 0 Å². The van der Waals surface area contributed by atoms with Crippen LogP contribution < -0.4 is 5.73 Å². The minimum absolute atomic E-state index is 0.105. The summed E-state index contributed by atoms with van der Waals surface area (Å²) >= 11 is 0. The molecule has 1 unspecified atom stereocenters. The Hall–Kier alpha value is -1.55. The molecule has 0 radical (unpaired) electrons. The average molecular weight is 219 g/mol. The zero-order valence-corrected chi connectivity index (χ0v) is 9.47. The van der Waals surface area contributed by atoms with Crippen LogP contribution in [0, 0.1) is 0 Å². The van der Waals surface area contributed by atoms with Crippen LogP contribution in [0.2, 0.25) is 0 Å². The molecular formula is C12H17N3O. The summed E-state index contributed by atoms with van der Waals surface area (Å²) in [4.78, 5) is 6.24. The number of ether oxygens (including phenoxy) is 1. The van der Waals surface area contributed by atoms with Gasteiger partial charge >= 0.3 is 0 Å². The average Bonchev–Trinajstić information content (AvgIpc) is 2.65. The molecule has 86 valence electrons. The molecule has 0 fully saturated rings. The number of amidine groups is 1. The van der Waals surface area contributed by atoms with Crippen molar-refractivity contribution in [1.82, 2.24) is 4.90 Å². The maximum absolute atomic E-state index is 5.46. The molecule has 4 heteroatoms. The van der Waals surface area contributed by atoms with Gasteiger partial charge in [0.1, 0.15) is 6.10 Å². The normalized spacial score (nSPS) is 19.6. The van der Waals surface area contributed by atoms with Crippen LogP contribution in [-0.2, 0) is 11.3 Å². The standard InChI is InChI=1S/C12H17N3O/c1-15(8-10-5-3-2-4-6-10)9-11-7-14-12(13)16-11/h2-6,11H,7-9H2,1H3,(H2,13,14). The summed E-state index contributed by atoms with van der Waals surface area (Å²) in [7, 11) is 2.07. The van der Waals surface area contributed by atoms with E-state index in [4.69, 9.17) is 10.5 Å². The summed E-state index contributed by atoms with van der Waals surface area (Å²) in [5.41, 5.74) is 6.77. The fraction of sp³-hybridized carbons (Fsp3) is 0.417. The van der Waals surface area contributed by atoms with Crippen LogP contribution in [-0.4, -0.2) is 37.2 Å². The maximum Gasteiger partial charge on any atom is 0.282 e. The molecule has 0 aromatic heterocycles. The number of hydrogen-bond donors (Lipinski definition) is 1. The van der Waals surface area contributed by atoms with Crippen LogP contribution in [0.15, 0.2) is 35.3 Å². The minimum Gasteiger partial charge on any atom is -0.459 e. The van der Waals surface area contributed by atoms with Crippen LogP contribution >= 0.6 is 0 Å². The Morgan fingerprint density at radius 3 is 2.81 bits per heavy atom. The summed E-state index contributed by atoms with van der Waals surface area (Å²) in [5, 5.41) is 0. The summed E-state index contributed by atoms with van der Waals surface area (Å²) in [5.74, 6) is 0. The molecule has 0 saturated carbocycles. The number of benzene rings is 1. The van der Waals surface area contributed by atoms with Gasteiger partial charge in [-0.25, -0.2) is 4.99 Å². The van der Waals surface area contributed by atoms with Crippen molar-refractivity contribution in [2.75, 3.05) is 20.1 Å². The Morgan fingerprint density at radius 2 is 2.19 bits per heavy atom. The van der Waals surface area contributed by atoms with E-state index in [1.165, 1.54) is 5.56 Å². The first-order chi connectivity index (χ1) is 7.74. The molecule has 1 heterocycles. The van der Waals surface area contributed by atoms with Gasteiger partial charge in [0.05, 0.1) is 6.54 Å². The summed E-state index contributed by atoms with van der Waals surface area (Å²) in [6, 6.07) is 10.7. The van der Waals surface area contributed by atoms with Crippen molar-refractivity contribution in [2.45, 2.75) is 12.6 Å². The Bertz CT molecular complexity index is 364. The van der Waals surface area contributed by atoms with E-state index in [2.05, 4.69) is 41.2 Å². The fourth-order valence-corrected chi connectivity index (χ4v) is 1.84. The maximum atomic E-state index is 5.46. The number of nitrogens with zero attached hydrogens (tertiary/aromatic N) is 2. The van der Waals surface area contributed by atoms with Crippen molar-refractivity contribution in [3.8, 4) is 0 Å². The lowest BCUT2D eigenvalue weighted by Crippen LogP contribution is -2.32. The molecule has 1 aliphatic rings. The van der Waals surface area contributed by atoms with Crippen molar-refractivity contribution in [3.05, 3.63) is 35.9 Å². The highest BCUT2D eigenvalue weighted by Gasteiger charge is 2.19. The molecule has 1 aromatic rings. The molecule has 16 heavy (non-hydrogen) atoms. The molecule has 1 aromatic carbocycles. The van der Waals surface area contributed by atoms with Gasteiger partial charge in [-0.05, 0) is 12.6 Å². The van der Waals surface area contributed by atoms with E-state index in [0.29, 0.717) is 12.6 Å². The SMILES string of the molecule is CN(Cc1ccccc1)CC1CN=C(N)O1. The molecule has 0 aliphatic carbocycles. The van der Waals surface area contributed by atoms with Gasteiger partial charge in [-0.1, -0.05) is 30.3 Å². The van der Waals surface area contributed by atoms with Crippen molar-refractivity contribution >= 4 is 6.02 Å². The van der Waals surface area contributed by atoms with Gasteiger partial charge in [-0.3, -0.25) is 4.90 Å². The Morgan fingerprint density at radius 1 is 1.44 bits per heavy atom. The van der Waals surface area contributed by atoms with Crippen LogP contribution in [0.4, 0.5) is 0 Å². The Kier molecular flexibility index (Phi) is 3.41. The van der Waals surface area contributed by atoms with Crippen LogP contribution in [0.5, 0.6) is 0 Å². The van der Waals surface area contributed by atoms with Crippen molar-refractivity contribution in [1.29, 1.82) is 0 Å². The lowest BCUT2D eigenvalue weighted by Gasteiger charge is -2.20. The third kappa shape index (κ3) is 2.97. The number of aliphatic imine (C=N–C) groups is 1. The largest absolute Gasteiger partial charge is 0.459 e. The molecule has 1 atom stereocenters. The van der Waals surface area contributed by atoms with E-state index in [1.807, 2.05) is 6.07 Å². The van der Waals surface area contributed by atoms with E-state index in [1.54, 1.807) is 0 Å². The van der Waals surface area contributed by atoms with E-state index in [0.717, 1.165) is 13.1 Å². The van der Waals surface area contributed by atoms with Gasteiger partial charge in [-0.2, -0.15) is 0 Å². The first-order valence-corrected chi connectivity index (χ1v) is 5.43. The highest BCUT2D eigenvalue weighted by Crippen LogP contribution is 2.07. The molecule has 0 spiro atoms. The van der Waals surface area contributed by atoms with E-state index < -0.39 is 0 Å². The monoisotopic (exact) mass is 219 g/mol. The molecule has 2 rings (SSSR count). The van der Waals surface area contributed by atoms with Crippen LogP contribution in [0.1, 0.15) is 5.56 Å². The molecule has 4 nitrogen and oxygen atoms in total. The molecule has 0 bridgehead atoms. The van der Waals surface area contributed by atoms with Gasteiger partial charge < -0.3 is 10.5 Å². The van der Waals surface area contributed by atoms with E-state index in [-0.39, 0.29) is 6.10 Å². The first kappa shape index (κ1) is 11.0. The molecule has 2 N–H and O–H groups in total. The van der Waals surface area contributed by atoms with Crippen molar-refractivity contribution < 1.29 is 4.74 Å². The lowest BCUT2D eigenvalue weighted by atomic mass is 10.2. The smallest absolute Gasteiger partial charge is 0.282 e. The van der Waals surface area contributed by atoms with Crippen molar-refractivity contribution in [2.24, 2.45) is 10.7 Å². The second kappa shape index (κ2) is 4.99. The highest BCUT2D eigenvalue weighted by atomic mass is 16.5. The van der Waals surface area contributed by atoms with E-state index in [9.17, 15) is 0 Å². The summed E-state index contributed by atoms with van der Waals surface area (Å²) in [6.07, 6.45) is 0.105. The van der Waals surface area contributed by atoms with Crippen LogP contribution in [0.3, 0.4) is 0 Å². The molecule has 0 saturated heterocycles. The summed E-state index contributed by atoms with van der Waals surface area (Å²) in [6.45, 7) is 2.44. The quantitative estimate of drug-likeness (QED) is 0.816. The third-order valence-corrected chi connectivity index (χ3v) is 2.55. The molecule has 0 amide bonds. The number of rotatable bonds is 4. The number of hydrogen-bond acceptors (Lipinski definition) is 4. The molecule has 1 aliphatic heterocycles. The lowest BCUT2D eigenvalue weighted by molar-refractivity contribution is 0.157. The van der Waals surface area contributed by atoms with Crippen molar-refractivity contribution in [3.63, 3.8) is 0 Å². The second-order valence-corrected chi connectivity index (χ2v) is 4.10. The zero-order chi connectivity index (χ0) is 11.4. The Labute approximate surface area is 95.7 Å². The van der Waals surface area contributed by atoms with Gasteiger partial charge in [-0.15, -0.1) is 0 Å². The van der Waals surface area contributed by atoms with Gasteiger partial charge in [0, 0.05) is 13.1 Å². The second-order valence-electron chi connectivity index (χ2n) is 4.10. The van der Waals surface area contributed by atoms with Gasteiger partial charge in [0.15, 0.2) is 0 Å². The highest BCUT2D eigenvalue weighted by molar-refractivity contribution is 5.73. The zero-order valence-electron chi connectivity index (χ0n) is 9.47. The predicted molar refractivity (Wildman–Crippen MR) is 64.1 cm³/mol. The van der Waals surface area contributed by atoms with Crippen LogP contribution in [0.25, 0.3) is 0 Å². The summed E-state index contributed by atoms with van der Waals surface area (Å²) < 4.78 is 5.36. The number of likely N-dealkylation sites (N-methyl/N-ethyl adjacent to an activating group) is 1. The predicted octanol–water partition coefficient (Wildman–Crippen LogP) is 0.832. The first-order valence-electron chi connectivity index (χ1n) is 5.43. The Balaban J connectivity index is 1.79. The molecular weight excluding hydrogens is 202 g/mol.